The molecule has 1 saturated heterocycles. The van der Waals surface area contributed by atoms with E-state index in [0.29, 0.717) is 0 Å². The Kier molecular flexibility index (Phi) is 5.37. The second-order valence-corrected chi connectivity index (χ2v) is 7.59. The van der Waals surface area contributed by atoms with Crippen LogP contribution in [0, 0.1) is 6.92 Å². The summed E-state index contributed by atoms with van der Waals surface area (Å²) >= 11 is 0. The standard InChI is InChI=1S/C14H22N4O6S/c1-5-24-14(21)17-6-8-18(9-7-17)25(22,23)11-10(2)15(3)13(20)16(4)12(11)19/h5-9H2,1-4H3. The van der Waals surface area contributed by atoms with Crippen LogP contribution < -0.4 is 11.2 Å². The zero-order valence-electron chi connectivity index (χ0n) is 14.7. The number of aromatic nitrogens is 2. The number of rotatable bonds is 3. The van der Waals surface area contributed by atoms with Gasteiger partial charge in [-0.15, -0.1) is 0 Å². The maximum atomic E-state index is 12.9. The predicted molar refractivity (Wildman–Crippen MR) is 89.0 cm³/mol. The van der Waals surface area contributed by atoms with Gasteiger partial charge in [0.05, 0.1) is 6.61 Å². The van der Waals surface area contributed by atoms with E-state index in [1.165, 1.54) is 25.9 Å². The van der Waals surface area contributed by atoms with Crippen molar-refractivity contribution >= 4 is 16.1 Å². The third-order valence-corrected chi connectivity index (χ3v) is 6.30. The highest BCUT2D eigenvalue weighted by atomic mass is 32.2. The van der Waals surface area contributed by atoms with Crippen LogP contribution in [0.25, 0.3) is 0 Å². The monoisotopic (exact) mass is 374 g/mol. The summed E-state index contributed by atoms with van der Waals surface area (Å²) in [6.45, 7) is 3.79. The third-order valence-electron chi connectivity index (χ3n) is 4.27. The number of carbonyl (C=O) groups excluding carboxylic acids is 1. The summed E-state index contributed by atoms with van der Waals surface area (Å²) in [5.41, 5.74) is -1.36. The van der Waals surface area contributed by atoms with Crippen molar-refractivity contribution in [2.75, 3.05) is 32.8 Å². The Morgan fingerprint density at radius 1 is 1.08 bits per heavy atom. The first-order valence-electron chi connectivity index (χ1n) is 7.81. The third kappa shape index (κ3) is 3.33. The number of amides is 1. The van der Waals surface area contributed by atoms with Crippen molar-refractivity contribution in [3.05, 3.63) is 26.5 Å². The SMILES string of the molecule is CCOC(=O)N1CCN(S(=O)(=O)c2c(C)n(C)c(=O)n(C)c2=O)CC1. The van der Waals surface area contributed by atoms with Gasteiger partial charge in [-0.1, -0.05) is 0 Å². The normalized spacial score (nSPS) is 16.1. The van der Waals surface area contributed by atoms with Gasteiger partial charge in [-0.3, -0.25) is 13.9 Å². The van der Waals surface area contributed by atoms with Crippen LogP contribution in [-0.4, -0.2) is 65.6 Å². The van der Waals surface area contributed by atoms with Crippen LogP contribution in [0.2, 0.25) is 0 Å². The van der Waals surface area contributed by atoms with Gasteiger partial charge in [-0.25, -0.2) is 18.0 Å². The van der Waals surface area contributed by atoms with E-state index < -0.39 is 32.3 Å². The van der Waals surface area contributed by atoms with Crippen LogP contribution in [0.15, 0.2) is 14.5 Å². The lowest BCUT2D eigenvalue weighted by Crippen LogP contribution is -2.52. The minimum absolute atomic E-state index is 0.0482. The molecule has 1 aromatic rings. The highest BCUT2D eigenvalue weighted by Crippen LogP contribution is 2.17. The van der Waals surface area contributed by atoms with Gasteiger partial charge < -0.3 is 9.64 Å². The molecular weight excluding hydrogens is 352 g/mol. The molecule has 0 radical (unpaired) electrons. The topological polar surface area (TPSA) is 111 Å². The molecule has 2 heterocycles. The largest absolute Gasteiger partial charge is 0.450 e. The molecule has 1 aromatic heterocycles. The lowest BCUT2D eigenvalue weighted by atomic mass is 10.4. The molecule has 10 nitrogen and oxygen atoms in total. The van der Waals surface area contributed by atoms with Gasteiger partial charge in [-0.2, -0.15) is 4.31 Å². The van der Waals surface area contributed by atoms with Gasteiger partial charge in [0, 0.05) is 46.0 Å². The molecule has 0 atom stereocenters. The molecular formula is C14H22N4O6S. The summed E-state index contributed by atoms with van der Waals surface area (Å²) in [4.78, 5) is 37.0. The summed E-state index contributed by atoms with van der Waals surface area (Å²) in [6.07, 6.45) is -0.492. The predicted octanol–water partition coefficient (Wildman–Crippen LogP) is -1.14. The van der Waals surface area contributed by atoms with Gasteiger partial charge in [0.15, 0.2) is 4.90 Å². The first-order chi connectivity index (χ1) is 11.6. The maximum Gasteiger partial charge on any atom is 0.409 e. The maximum absolute atomic E-state index is 12.9. The zero-order chi connectivity index (χ0) is 18.9. The Morgan fingerprint density at radius 2 is 1.64 bits per heavy atom. The smallest absolute Gasteiger partial charge is 0.409 e. The fourth-order valence-electron chi connectivity index (χ4n) is 2.67. The van der Waals surface area contributed by atoms with E-state index in [1.54, 1.807) is 6.92 Å². The zero-order valence-corrected chi connectivity index (χ0v) is 15.5. The van der Waals surface area contributed by atoms with E-state index in [0.717, 1.165) is 13.4 Å². The molecule has 0 N–H and O–H groups in total. The van der Waals surface area contributed by atoms with Gasteiger partial charge in [0.1, 0.15) is 0 Å². The molecule has 0 unspecified atom stereocenters. The van der Waals surface area contributed by atoms with Gasteiger partial charge >= 0.3 is 11.8 Å². The number of ether oxygens (including phenoxy) is 1. The molecule has 0 bridgehead atoms. The summed E-state index contributed by atoms with van der Waals surface area (Å²) in [7, 11) is -1.44. The second kappa shape index (κ2) is 7.00. The van der Waals surface area contributed by atoms with Crippen molar-refractivity contribution in [2.45, 2.75) is 18.7 Å². The summed E-state index contributed by atoms with van der Waals surface area (Å²) in [5.74, 6) is 0. The van der Waals surface area contributed by atoms with E-state index in [-0.39, 0.29) is 38.5 Å². The average Bonchev–Trinajstić information content (AvgIpc) is 2.58. The fraction of sp³-hybridized carbons (Fsp3) is 0.643. The number of hydrogen-bond acceptors (Lipinski definition) is 6. The quantitative estimate of drug-likeness (QED) is 0.661. The van der Waals surface area contributed by atoms with Crippen LogP contribution in [0.3, 0.4) is 0 Å². The van der Waals surface area contributed by atoms with Gasteiger partial charge in [-0.05, 0) is 13.8 Å². The molecule has 1 aliphatic rings. The van der Waals surface area contributed by atoms with Crippen molar-refractivity contribution in [3.63, 3.8) is 0 Å². The van der Waals surface area contributed by atoms with Crippen LogP contribution in [-0.2, 0) is 28.9 Å². The highest BCUT2D eigenvalue weighted by molar-refractivity contribution is 7.89. The molecule has 11 heteroatoms. The Labute approximate surface area is 145 Å². The lowest BCUT2D eigenvalue weighted by molar-refractivity contribution is 0.0934. The molecule has 0 aliphatic carbocycles. The molecule has 140 valence electrons. The van der Waals surface area contributed by atoms with E-state index in [2.05, 4.69) is 0 Å². The van der Waals surface area contributed by atoms with E-state index in [9.17, 15) is 22.8 Å². The Bertz CT molecular complexity index is 893. The van der Waals surface area contributed by atoms with Crippen molar-refractivity contribution in [2.24, 2.45) is 14.1 Å². The van der Waals surface area contributed by atoms with Crippen LogP contribution in [0.1, 0.15) is 12.6 Å². The fourth-order valence-corrected chi connectivity index (χ4v) is 4.44. The molecule has 1 aliphatic heterocycles. The molecule has 0 aromatic carbocycles. The highest BCUT2D eigenvalue weighted by Gasteiger charge is 2.34. The number of nitrogens with zero attached hydrogens (tertiary/aromatic N) is 4. The second-order valence-electron chi connectivity index (χ2n) is 5.71. The Balaban J connectivity index is 2.35. The van der Waals surface area contributed by atoms with Crippen LogP contribution >= 0.6 is 0 Å². The number of piperazine rings is 1. The van der Waals surface area contributed by atoms with E-state index in [1.807, 2.05) is 0 Å². The van der Waals surface area contributed by atoms with Crippen molar-refractivity contribution in [1.82, 2.24) is 18.3 Å². The summed E-state index contributed by atoms with van der Waals surface area (Å²) < 4.78 is 33.8. The first kappa shape index (κ1) is 19.2. The average molecular weight is 374 g/mol. The Hall–Kier alpha value is -2.14. The number of sulfonamides is 1. The first-order valence-corrected chi connectivity index (χ1v) is 9.25. The van der Waals surface area contributed by atoms with Crippen molar-refractivity contribution in [3.8, 4) is 0 Å². The van der Waals surface area contributed by atoms with Crippen LogP contribution in [0.5, 0.6) is 0 Å². The molecule has 25 heavy (non-hydrogen) atoms. The van der Waals surface area contributed by atoms with Crippen LogP contribution in [0.4, 0.5) is 4.79 Å². The Morgan fingerprint density at radius 3 is 2.16 bits per heavy atom. The van der Waals surface area contributed by atoms with Gasteiger partial charge in [0.2, 0.25) is 10.0 Å². The van der Waals surface area contributed by atoms with Crippen molar-refractivity contribution < 1.29 is 17.9 Å². The van der Waals surface area contributed by atoms with Gasteiger partial charge in [0.25, 0.3) is 5.56 Å². The van der Waals surface area contributed by atoms with Crippen molar-refractivity contribution in [1.29, 1.82) is 0 Å². The summed E-state index contributed by atoms with van der Waals surface area (Å²) in [5, 5.41) is 0. The van der Waals surface area contributed by atoms with E-state index >= 15 is 0 Å². The molecule has 0 saturated carbocycles. The molecule has 0 spiro atoms. The minimum Gasteiger partial charge on any atom is -0.450 e. The summed E-state index contributed by atoms with van der Waals surface area (Å²) in [6, 6.07) is 0. The minimum atomic E-state index is -4.09. The van der Waals surface area contributed by atoms with E-state index in [4.69, 9.17) is 4.74 Å². The molecule has 2 rings (SSSR count). The molecule has 1 amide bonds. The number of hydrogen-bond donors (Lipinski definition) is 0. The molecule has 1 fully saturated rings. The number of carbonyl (C=O) groups is 1. The lowest BCUT2D eigenvalue weighted by Gasteiger charge is -2.33.